The lowest BCUT2D eigenvalue weighted by atomic mass is 10.1. The van der Waals surface area contributed by atoms with Crippen molar-refractivity contribution in [3.8, 4) is 5.75 Å². The Balaban J connectivity index is 1.88. The van der Waals surface area contributed by atoms with E-state index >= 15 is 0 Å². The number of benzene rings is 1. The first kappa shape index (κ1) is 17.7. The minimum absolute atomic E-state index is 0.178. The third kappa shape index (κ3) is 3.33. The summed E-state index contributed by atoms with van der Waals surface area (Å²) in [6, 6.07) is 9.05. The maximum absolute atomic E-state index is 12.8. The first-order chi connectivity index (χ1) is 12.2. The van der Waals surface area contributed by atoms with Gasteiger partial charge in [0.1, 0.15) is 12.4 Å². The van der Waals surface area contributed by atoms with Crippen molar-refractivity contribution in [2.45, 2.75) is 33.3 Å². The fourth-order valence-electron chi connectivity index (χ4n) is 2.81. The summed E-state index contributed by atoms with van der Waals surface area (Å²) >= 11 is 0. The lowest BCUT2D eigenvalue weighted by molar-refractivity contribution is -0.133. The predicted molar refractivity (Wildman–Crippen MR) is 100 cm³/mol. The number of hydrogen-bond acceptors (Lipinski definition) is 5. The quantitative estimate of drug-likeness (QED) is 0.882. The molecule has 0 bridgehead atoms. The Kier molecular flexibility index (Phi) is 4.31. The van der Waals surface area contributed by atoms with Crippen LogP contribution in [0.25, 0.3) is 0 Å². The Bertz CT molecular complexity index is 892. The third-order valence-electron chi connectivity index (χ3n) is 4.21. The van der Waals surface area contributed by atoms with E-state index in [1.54, 1.807) is 26.0 Å². The average molecular weight is 354 g/mol. The van der Waals surface area contributed by atoms with Crippen LogP contribution in [0.5, 0.6) is 5.75 Å². The zero-order valence-corrected chi connectivity index (χ0v) is 15.3. The van der Waals surface area contributed by atoms with Gasteiger partial charge in [-0.3, -0.25) is 14.5 Å². The summed E-state index contributed by atoms with van der Waals surface area (Å²) in [7, 11) is 0. The number of amides is 2. The molecule has 0 fully saturated rings. The molecule has 1 aliphatic rings. The van der Waals surface area contributed by atoms with E-state index in [-0.39, 0.29) is 30.0 Å². The zero-order chi connectivity index (χ0) is 19.1. The standard InChI is InChI=1S/C19H22N4O3/c1-11-5-6-12(2)13(9-11)21-16(24)10-23-17-14(7-8-15(20)22-17)26-19(3,4)18(23)25/h5-9H,10H2,1-4H3,(H2,20,22)(H,21,24). The van der Waals surface area contributed by atoms with Gasteiger partial charge in [0.15, 0.2) is 17.2 Å². The van der Waals surface area contributed by atoms with Crippen LogP contribution in [0, 0.1) is 13.8 Å². The molecule has 2 amide bonds. The van der Waals surface area contributed by atoms with Gasteiger partial charge in [-0.05, 0) is 57.0 Å². The molecule has 0 unspecified atom stereocenters. The summed E-state index contributed by atoms with van der Waals surface area (Å²) in [6.45, 7) is 7.00. The molecule has 136 valence electrons. The number of carbonyl (C=O) groups is 2. The Morgan fingerprint density at radius 3 is 2.73 bits per heavy atom. The molecular weight excluding hydrogens is 332 g/mol. The van der Waals surface area contributed by atoms with E-state index in [0.29, 0.717) is 5.75 Å². The maximum atomic E-state index is 12.8. The Labute approximate surface area is 152 Å². The molecule has 0 spiro atoms. The monoisotopic (exact) mass is 354 g/mol. The summed E-state index contributed by atoms with van der Waals surface area (Å²) in [5, 5.41) is 2.86. The van der Waals surface area contributed by atoms with Gasteiger partial charge in [0.25, 0.3) is 5.91 Å². The van der Waals surface area contributed by atoms with Crippen LogP contribution < -0.4 is 20.7 Å². The van der Waals surface area contributed by atoms with Crippen molar-refractivity contribution in [1.82, 2.24) is 4.98 Å². The number of aromatic nitrogens is 1. The highest BCUT2D eigenvalue weighted by Crippen LogP contribution is 2.36. The van der Waals surface area contributed by atoms with Crippen LogP contribution >= 0.6 is 0 Å². The summed E-state index contributed by atoms with van der Waals surface area (Å²) in [6.07, 6.45) is 0. The normalized spacial score (nSPS) is 15.2. The number of fused-ring (bicyclic) bond motifs is 1. The number of pyridine rings is 1. The SMILES string of the molecule is Cc1ccc(C)c(NC(=O)CN2C(=O)C(C)(C)Oc3ccc(N)nc32)c1. The fourth-order valence-corrected chi connectivity index (χ4v) is 2.81. The molecule has 0 radical (unpaired) electrons. The minimum Gasteiger partial charge on any atom is -0.474 e. The number of ether oxygens (including phenoxy) is 1. The Morgan fingerprint density at radius 2 is 2.00 bits per heavy atom. The van der Waals surface area contributed by atoms with E-state index in [1.165, 1.54) is 4.90 Å². The largest absolute Gasteiger partial charge is 0.474 e. The first-order valence-electron chi connectivity index (χ1n) is 8.32. The molecule has 26 heavy (non-hydrogen) atoms. The fraction of sp³-hybridized carbons (Fsp3) is 0.316. The van der Waals surface area contributed by atoms with Crippen LogP contribution in [0.15, 0.2) is 30.3 Å². The van der Waals surface area contributed by atoms with E-state index in [9.17, 15) is 9.59 Å². The van der Waals surface area contributed by atoms with Crippen molar-refractivity contribution >= 4 is 29.1 Å². The number of nitrogens with two attached hydrogens (primary N) is 1. The van der Waals surface area contributed by atoms with Gasteiger partial charge in [-0.15, -0.1) is 0 Å². The average Bonchev–Trinajstić information content (AvgIpc) is 2.56. The third-order valence-corrected chi connectivity index (χ3v) is 4.21. The van der Waals surface area contributed by atoms with Gasteiger partial charge in [0.05, 0.1) is 0 Å². The van der Waals surface area contributed by atoms with Crippen LogP contribution in [0.2, 0.25) is 0 Å². The molecule has 0 atom stereocenters. The number of nitrogens with one attached hydrogen (secondary N) is 1. The van der Waals surface area contributed by atoms with Gasteiger partial charge in [-0.2, -0.15) is 0 Å². The van der Waals surface area contributed by atoms with Gasteiger partial charge >= 0.3 is 0 Å². The van der Waals surface area contributed by atoms with Crippen molar-refractivity contribution in [3.05, 3.63) is 41.5 Å². The topological polar surface area (TPSA) is 97.5 Å². The molecule has 0 aliphatic carbocycles. The lowest BCUT2D eigenvalue weighted by Gasteiger charge is -2.37. The summed E-state index contributed by atoms with van der Waals surface area (Å²) < 4.78 is 5.71. The summed E-state index contributed by atoms with van der Waals surface area (Å²) in [4.78, 5) is 30.9. The maximum Gasteiger partial charge on any atom is 0.272 e. The molecule has 1 aliphatic heterocycles. The molecule has 1 aromatic carbocycles. The molecule has 0 saturated carbocycles. The van der Waals surface area contributed by atoms with Crippen molar-refractivity contribution in [3.63, 3.8) is 0 Å². The molecule has 7 heteroatoms. The van der Waals surface area contributed by atoms with Gasteiger partial charge < -0.3 is 15.8 Å². The molecule has 1 aromatic heterocycles. The van der Waals surface area contributed by atoms with Gasteiger partial charge in [-0.25, -0.2) is 4.98 Å². The van der Waals surface area contributed by atoms with E-state index in [0.717, 1.165) is 16.8 Å². The van der Waals surface area contributed by atoms with E-state index in [1.807, 2.05) is 32.0 Å². The molecule has 3 N–H and O–H groups in total. The van der Waals surface area contributed by atoms with Gasteiger partial charge in [0, 0.05) is 5.69 Å². The minimum atomic E-state index is -1.09. The number of nitrogen functional groups attached to an aromatic ring is 1. The van der Waals surface area contributed by atoms with Crippen molar-refractivity contribution in [2.75, 3.05) is 22.5 Å². The number of aryl methyl sites for hydroxylation is 2. The second kappa shape index (κ2) is 6.33. The van der Waals surface area contributed by atoms with Crippen LogP contribution in [0.3, 0.4) is 0 Å². The molecule has 7 nitrogen and oxygen atoms in total. The smallest absolute Gasteiger partial charge is 0.272 e. The number of nitrogens with zero attached hydrogens (tertiary/aromatic N) is 2. The van der Waals surface area contributed by atoms with Crippen molar-refractivity contribution in [1.29, 1.82) is 0 Å². The Hall–Kier alpha value is -3.09. The number of carbonyl (C=O) groups excluding carboxylic acids is 2. The summed E-state index contributed by atoms with van der Waals surface area (Å²) in [5.41, 5.74) is 7.35. The van der Waals surface area contributed by atoms with Crippen LogP contribution in [-0.4, -0.2) is 28.9 Å². The lowest BCUT2D eigenvalue weighted by Crippen LogP contribution is -2.54. The highest BCUT2D eigenvalue weighted by Gasteiger charge is 2.42. The molecule has 2 aromatic rings. The van der Waals surface area contributed by atoms with Gasteiger partial charge in [-0.1, -0.05) is 12.1 Å². The first-order valence-corrected chi connectivity index (χ1v) is 8.32. The number of anilines is 3. The molecule has 0 saturated heterocycles. The number of hydrogen-bond donors (Lipinski definition) is 2. The highest BCUT2D eigenvalue weighted by atomic mass is 16.5. The van der Waals surface area contributed by atoms with Crippen molar-refractivity contribution < 1.29 is 14.3 Å². The molecule has 2 heterocycles. The number of rotatable bonds is 3. The van der Waals surface area contributed by atoms with Gasteiger partial charge in [0.2, 0.25) is 5.91 Å². The summed E-state index contributed by atoms with van der Waals surface area (Å²) in [5.74, 6) is 0.257. The van der Waals surface area contributed by atoms with E-state index in [4.69, 9.17) is 10.5 Å². The van der Waals surface area contributed by atoms with E-state index in [2.05, 4.69) is 10.3 Å². The second-order valence-electron chi connectivity index (χ2n) is 6.93. The zero-order valence-electron chi connectivity index (χ0n) is 15.3. The Morgan fingerprint density at radius 1 is 1.27 bits per heavy atom. The van der Waals surface area contributed by atoms with Crippen LogP contribution in [-0.2, 0) is 9.59 Å². The highest BCUT2D eigenvalue weighted by molar-refractivity contribution is 6.07. The molecule has 3 rings (SSSR count). The van der Waals surface area contributed by atoms with Crippen LogP contribution in [0.4, 0.5) is 17.3 Å². The van der Waals surface area contributed by atoms with Crippen LogP contribution in [0.1, 0.15) is 25.0 Å². The van der Waals surface area contributed by atoms with Crippen molar-refractivity contribution in [2.24, 2.45) is 0 Å². The predicted octanol–water partition coefficient (Wildman–Crippen LogP) is 2.42. The van der Waals surface area contributed by atoms with E-state index < -0.39 is 5.60 Å². The second-order valence-corrected chi connectivity index (χ2v) is 6.93. The molecular formula is C19H22N4O3.